The van der Waals surface area contributed by atoms with E-state index < -0.39 is 24.3 Å². The van der Waals surface area contributed by atoms with Gasteiger partial charge < -0.3 is 58.8 Å². The summed E-state index contributed by atoms with van der Waals surface area (Å²) in [4.78, 5) is 74.9. The van der Waals surface area contributed by atoms with Crippen molar-refractivity contribution < 1.29 is 47.6 Å². The number of alkyl carbamates (subject to hydrolysis) is 2. The number of aromatic nitrogens is 4. The summed E-state index contributed by atoms with van der Waals surface area (Å²) in [6, 6.07) is 6.05. The highest BCUT2D eigenvalue weighted by Crippen LogP contribution is 2.51. The topological polar surface area (TPSA) is 212 Å². The molecule has 12 atom stereocenters. The second-order valence-corrected chi connectivity index (χ2v) is 20.5. The highest BCUT2D eigenvalue weighted by molar-refractivity contribution is 5.90. The lowest BCUT2D eigenvalue weighted by Gasteiger charge is -2.39. The van der Waals surface area contributed by atoms with Gasteiger partial charge in [-0.25, -0.2) is 19.6 Å². The van der Waals surface area contributed by atoms with Crippen molar-refractivity contribution in [2.45, 2.75) is 167 Å². The number of H-pyrrole nitrogens is 2. The van der Waals surface area contributed by atoms with Crippen LogP contribution in [0.2, 0.25) is 0 Å². The van der Waals surface area contributed by atoms with Gasteiger partial charge in [0.25, 0.3) is 0 Å². The molecule has 8 heterocycles. The second-order valence-electron chi connectivity index (χ2n) is 20.5. The summed E-state index contributed by atoms with van der Waals surface area (Å²) in [5, 5.41) is 5.77. The number of nitrogens with one attached hydrogen (secondary N) is 4. The molecule has 2 aromatic carbocycles. The molecule has 4 saturated heterocycles. The molecular formula is C52H66N8O10. The van der Waals surface area contributed by atoms with Crippen LogP contribution in [-0.2, 0) is 41.8 Å². The van der Waals surface area contributed by atoms with Crippen molar-refractivity contribution in [3.63, 3.8) is 0 Å². The minimum absolute atomic E-state index is 0.0399. The maximum Gasteiger partial charge on any atom is 0.407 e. The van der Waals surface area contributed by atoms with Crippen molar-refractivity contribution >= 4 is 24.0 Å². The van der Waals surface area contributed by atoms with E-state index in [2.05, 4.69) is 32.7 Å². The smallest absolute Gasteiger partial charge is 0.407 e. The minimum Gasteiger partial charge on any atom is -0.488 e. The average molecular weight is 963 g/mol. The van der Waals surface area contributed by atoms with Gasteiger partial charge in [0.2, 0.25) is 11.8 Å². The maximum atomic E-state index is 14.6. The first-order valence-electron chi connectivity index (χ1n) is 25.0. The highest BCUT2D eigenvalue weighted by atomic mass is 16.5. The van der Waals surface area contributed by atoms with E-state index in [1.54, 1.807) is 0 Å². The summed E-state index contributed by atoms with van der Waals surface area (Å²) in [5.41, 5.74) is 7.35. The first kappa shape index (κ1) is 47.5. The van der Waals surface area contributed by atoms with E-state index in [0.717, 1.165) is 82.0 Å². The van der Waals surface area contributed by atoms with Gasteiger partial charge in [-0.05, 0) is 129 Å². The van der Waals surface area contributed by atoms with Crippen LogP contribution in [0.25, 0.3) is 33.6 Å². The van der Waals surface area contributed by atoms with Crippen LogP contribution in [0.4, 0.5) is 9.59 Å². The van der Waals surface area contributed by atoms with E-state index in [1.165, 1.54) is 14.2 Å². The zero-order chi connectivity index (χ0) is 49.1. The Kier molecular flexibility index (Phi) is 13.1. The molecule has 374 valence electrons. The van der Waals surface area contributed by atoms with Crippen LogP contribution in [-0.4, -0.2) is 117 Å². The number of imidazole rings is 2. The fraction of sp³-hybridized carbons (Fsp3) is 0.577. The number of carbonyl (C=O) groups is 4. The number of nitrogens with zero attached hydrogens (tertiary/aromatic N) is 4. The van der Waals surface area contributed by atoms with Gasteiger partial charge in [0.05, 0.1) is 74.5 Å². The first-order chi connectivity index (χ1) is 33.7. The molecule has 1 unspecified atom stereocenters. The lowest BCUT2D eigenvalue weighted by molar-refractivity contribution is -0.141. The van der Waals surface area contributed by atoms with Gasteiger partial charge in [-0.3, -0.25) is 9.59 Å². The Labute approximate surface area is 408 Å². The molecule has 2 aromatic heterocycles. The number of benzene rings is 2. The van der Waals surface area contributed by atoms with Crippen molar-refractivity contribution in [3.05, 3.63) is 59.4 Å². The number of aromatic amines is 2. The average Bonchev–Trinajstić information content (AvgIpc) is 4.17. The number of ether oxygens (including phenoxy) is 6. The van der Waals surface area contributed by atoms with Gasteiger partial charge in [0.1, 0.15) is 48.4 Å². The van der Waals surface area contributed by atoms with Crippen LogP contribution in [0.3, 0.4) is 0 Å². The van der Waals surface area contributed by atoms with Gasteiger partial charge in [-0.1, -0.05) is 0 Å². The maximum absolute atomic E-state index is 14.6. The van der Waals surface area contributed by atoms with E-state index in [4.69, 9.17) is 38.4 Å². The lowest BCUT2D eigenvalue weighted by Crippen LogP contribution is -2.55. The van der Waals surface area contributed by atoms with Crippen LogP contribution in [0.1, 0.15) is 128 Å². The van der Waals surface area contributed by atoms with Gasteiger partial charge in [-0.15, -0.1) is 0 Å². The summed E-state index contributed by atoms with van der Waals surface area (Å²) in [6.07, 6.45) is 7.83. The van der Waals surface area contributed by atoms with Gasteiger partial charge >= 0.3 is 12.2 Å². The number of hydrogen-bond donors (Lipinski definition) is 4. The second kappa shape index (κ2) is 19.2. The van der Waals surface area contributed by atoms with Crippen LogP contribution >= 0.6 is 0 Å². The Morgan fingerprint density at radius 2 is 0.986 bits per heavy atom. The molecule has 0 bridgehead atoms. The molecular weight excluding hydrogens is 897 g/mol. The van der Waals surface area contributed by atoms with Crippen molar-refractivity contribution in [1.29, 1.82) is 0 Å². The summed E-state index contributed by atoms with van der Waals surface area (Å²) in [6.45, 7) is 12.8. The predicted octanol–water partition coefficient (Wildman–Crippen LogP) is 7.88. The largest absolute Gasteiger partial charge is 0.488 e. The number of amides is 4. The highest BCUT2D eigenvalue weighted by Gasteiger charge is 2.46. The fourth-order valence-electron chi connectivity index (χ4n) is 12.5. The van der Waals surface area contributed by atoms with E-state index in [0.29, 0.717) is 50.5 Å². The van der Waals surface area contributed by atoms with Gasteiger partial charge in [0.15, 0.2) is 0 Å². The Bertz CT molecular complexity index is 2400. The molecule has 6 aliphatic heterocycles. The predicted molar refractivity (Wildman–Crippen MR) is 256 cm³/mol. The van der Waals surface area contributed by atoms with Crippen LogP contribution < -0.4 is 20.1 Å². The molecule has 10 rings (SSSR count). The molecule has 70 heavy (non-hydrogen) atoms. The van der Waals surface area contributed by atoms with E-state index >= 15 is 0 Å². The molecule has 4 amide bonds. The molecule has 0 aliphatic carbocycles. The number of carbonyl (C=O) groups excluding carboxylic acids is 4. The molecule has 18 heteroatoms. The lowest BCUT2D eigenvalue weighted by atomic mass is 9.85. The number of likely N-dealkylation sites (tertiary alicyclic amines) is 2. The first-order valence-corrected chi connectivity index (χ1v) is 25.0. The number of rotatable bonds is 10. The molecule has 6 aliphatic rings. The quantitative estimate of drug-likeness (QED) is 0.120. The van der Waals surface area contributed by atoms with Crippen LogP contribution in [0.5, 0.6) is 11.5 Å². The van der Waals surface area contributed by atoms with Gasteiger partial charge in [-0.2, -0.15) is 0 Å². The Balaban J connectivity index is 0.877. The Hall–Kier alpha value is -6.14. The SMILES string of the molecule is COC(=O)NC(C(=O)N1[C@@H](C)CC[C@H]1c1ncc(-c2cc3c4c(c2)OCc2cc(-c5cnc([C@@H]6CC[C@H](C)N6C(=O)[C@@H](NC(=O)OC)[C@H]6C[C@@H](C)O[C@@H](C)C6)[nH]5)cc(c2-4)OC3)[nH]1)[C@H]1C[C@@H](C)O[C@@H](C)C1. The summed E-state index contributed by atoms with van der Waals surface area (Å²) in [5.74, 6) is 2.37. The molecule has 4 fully saturated rings. The van der Waals surface area contributed by atoms with E-state index in [9.17, 15) is 19.2 Å². The minimum atomic E-state index is -0.761. The van der Waals surface area contributed by atoms with E-state index in [-0.39, 0.29) is 72.2 Å². The van der Waals surface area contributed by atoms with Crippen molar-refractivity contribution in [2.24, 2.45) is 11.8 Å². The zero-order valence-corrected chi connectivity index (χ0v) is 41.3. The van der Waals surface area contributed by atoms with Crippen LogP contribution in [0, 0.1) is 11.8 Å². The number of hydrogen-bond acceptors (Lipinski definition) is 12. The molecule has 4 aromatic rings. The summed E-state index contributed by atoms with van der Waals surface area (Å²) in [7, 11) is 2.62. The monoisotopic (exact) mass is 962 g/mol. The third-order valence-electron chi connectivity index (χ3n) is 15.5. The normalized spacial score (nSPS) is 28.7. The molecule has 4 N–H and O–H groups in total. The third-order valence-corrected chi connectivity index (χ3v) is 15.5. The molecule has 18 nitrogen and oxygen atoms in total. The fourth-order valence-corrected chi connectivity index (χ4v) is 12.5. The van der Waals surface area contributed by atoms with Crippen LogP contribution in [0.15, 0.2) is 36.7 Å². The standard InChI is InChI=1S/C52H66N8O10/c1-25-9-11-39(59(25)49(61)45(57-51(63)65-7)33-13-27(3)69-28(4)14-33)47-53-21-37(55-47)31-17-35-23-68-42-20-32(18-36-24-67-41(19-31)43(35)44(36)42)38-22-54-48(56-38)40-12-10-26(2)60(40)50(62)46(58-52(64)66-8)34-15-29(5)70-30(6)16-34/h17-22,25-30,33-34,39-40,45-46H,9-16,23-24H2,1-8H3,(H,53,55)(H,54,56)(H,57,63)(H,58,64)/t25-,26-,27-,28+,29-,30+,33+,34+,39-,40-,45-,46?/m0/s1. The third kappa shape index (κ3) is 8.97. The van der Waals surface area contributed by atoms with Crippen molar-refractivity contribution in [1.82, 2.24) is 40.4 Å². The molecule has 0 spiro atoms. The molecule has 0 saturated carbocycles. The van der Waals surface area contributed by atoms with E-state index in [1.807, 2.05) is 75.9 Å². The van der Waals surface area contributed by atoms with Crippen molar-refractivity contribution in [3.8, 4) is 45.1 Å². The Morgan fingerprint density at radius 3 is 1.36 bits per heavy atom. The number of methoxy groups -OCH3 is 2. The Morgan fingerprint density at radius 1 is 0.600 bits per heavy atom. The summed E-state index contributed by atoms with van der Waals surface area (Å²) < 4.78 is 35.0. The zero-order valence-electron chi connectivity index (χ0n) is 41.3. The molecule has 0 radical (unpaired) electrons. The van der Waals surface area contributed by atoms with Crippen molar-refractivity contribution in [2.75, 3.05) is 14.2 Å². The van der Waals surface area contributed by atoms with Gasteiger partial charge in [0, 0.05) is 45.5 Å². The summed E-state index contributed by atoms with van der Waals surface area (Å²) >= 11 is 0.